The van der Waals surface area contributed by atoms with Gasteiger partial charge in [0.1, 0.15) is 5.75 Å². The van der Waals surface area contributed by atoms with E-state index in [1.165, 1.54) is 57.8 Å². The molecule has 0 radical (unpaired) electrons. The Morgan fingerprint density at radius 3 is 2.22 bits per heavy atom. The number of rotatable bonds is 2. The van der Waals surface area contributed by atoms with E-state index >= 15 is 0 Å². The second-order valence-corrected chi connectivity index (χ2v) is 7.99. The van der Waals surface area contributed by atoms with Gasteiger partial charge in [0.05, 0.1) is 11.4 Å². The van der Waals surface area contributed by atoms with Crippen molar-refractivity contribution in [1.82, 2.24) is 0 Å². The van der Waals surface area contributed by atoms with Gasteiger partial charge >= 0.3 is 0 Å². The molecule has 2 unspecified atom stereocenters. The number of phenols is 1. The van der Waals surface area contributed by atoms with Crippen molar-refractivity contribution in [1.29, 1.82) is 0 Å². The molecular weight excluding hydrogens is 284 g/mol. The van der Waals surface area contributed by atoms with Gasteiger partial charge in [0, 0.05) is 0 Å². The molecule has 2 aliphatic rings. The van der Waals surface area contributed by atoms with Crippen LogP contribution in [0.1, 0.15) is 76.2 Å². The van der Waals surface area contributed by atoms with Crippen LogP contribution < -0.4 is 11.5 Å². The van der Waals surface area contributed by atoms with Gasteiger partial charge in [-0.05, 0) is 67.4 Å². The SMILES string of the molecule is CC1CCC(C2CCCC(c3ccc(O)c(N)c3N)CC2)CC1. The van der Waals surface area contributed by atoms with Crippen LogP contribution in [0, 0.1) is 17.8 Å². The highest BCUT2D eigenvalue weighted by Gasteiger charge is 2.29. The maximum atomic E-state index is 9.71. The van der Waals surface area contributed by atoms with E-state index in [-0.39, 0.29) is 5.75 Å². The van der Waals surface area contributed by atoms with Crippen LogP contribution >= 0.6 is 0 Å². The smallest absolute Gasteiger partial charge is 0.140 e. The van der Waals surface area contributed by atoms with E-state index in [1.807, 2.05) is 6.07 Å². The van der Waals surface area contributed by atoms with Crippen molar-refractivity contribution in [3.8, 4) is 5.75 Å². The lowest BCUT2D eigenvalue weighted by molar-refractivity contribution is 0.196. The first kappa shape index (κ1) is 16.5. The highest BCUT2D eigenvalue weighted by atomic mass is 16.3. The third kappa shape index (κ3) is 3.59. The van der Waals surface area contributed by atoms with Gasteiger partial charge in [0.2, 0.25) is 0 Å². The Kier molecular flexibility index (Phi) is 5.03. The van der Waals surface area contributed by atoms with Gasteiger partial charge in [-0.3, -0.25) is 0 Å². The molecule has 1 aromatic carbocycles. The van der Waals surface area contributed by atoms with E-state index in [9.17, 15) is 5.11 Å². The summed E-state index contributed by atoms with van der Waals surface area (Å²) >= 11 is 0. The summed E-state index contributed by atoms with van der Waals surface area (Å²) < 4.78 is 0. The summed E-state index contributed by atoms with van der Waals surface area (Å²) in [7, 11) is 0. The van der Waals surface area contributed by atoms with Crippen molar-refractivity contribution in [2.24, 2.45) is 17.8 Å². The average Bonchev–Trinajstić information content (AvgIpc) is 2.80. The summed E-state index contributed by atoms with van der Waals surface area (Å²) in [5.41, 5.74) is 14.2. The monoisotopic (exact) mass is 316 g/mol. The first-order valence-corrected chi connectivity index (χ1v) is 9.43. The van der Waals surface area contributed by atoms with E-state index in [0.717, 1.165) is 23.3 Å². The van der Waals surface area contributed by atoms with Crippen molar-refractivity contribution >= 4 is 11.4 Å². The van der Waals surface area contributed by atoms with Crippen LogP contribution in [0.2, 0.25) is 0 Å². The van der Waals surface area contributed by atoms with Crippen LogP contribution in [-0.4, -0.2) is 5.11 Å². The molecule has 0 heterocycles. The van der Waals surface area contributed by atoms with Crippen molar-refractivity contribution in [3.05, 3.63) is 17.7 Å². The summed E-state index contributed by atoms with van der Waals surface area (Å²) in [5, 5.41) is 9.71. The van der Waals surface area contributed by atoms with Gasteiger partial charge in [-0.15, -0.1) is 0 Å². The summed E-state index contributed by atoms with van der Waals surface area (Å²) in [5.74, 6) is 3.40. The molecule has 5 N–H and O–H groups in total. The molecule has 0 amide bonds. The van der Waals surface area contributed by atoms with Crippen LogP contribution in [0.4, 0.5) is 11.4 Å². The number of aromatic hydroxyl groups is 1. The fourth-order valence-electron chi connectivity index (χ4n) is 4.87. The first-order valence-electron chi connectivity index (χ1n) is 9.43. The number of nitrogens with two attached hydrogens (primary N) is 2. The molecule has 128 valence electrons. The van der Waals surface area contributed by atoms with Gasteiger partial charge in [0.15, 0.2) is 0 Å². The van der Waals surface area contributed by atoms with Crippen molar-refractivity contribution in [2.75, 3.05) is 11.5 Å². The van der Waals surface area contributed by atoms with E-state index in [2.05, 4.69) is 6.92 Å². The number of anilines is 2. The fraction of sp³-hybridized carbons (Fsp3) is 0.700. The minimum absolute atomic E-state index is 0.106. The Bertz CT molecular complexity index is 535. The minimum Gasteiger partial charge on any atom is -0.506 e. The molecule has 3 nitrogen and oxygen atoms in total. The maximum Gasteiger partial charge on any atom is 0.140 e. The quantitative estimate of drug-likeness (QED) is 0.406. The highest BCUT2D eigenvalue weighted by Crippen LogP contribution is 2.44. The van der Waals surface area contributed by atoms with Crippen LogP contribution in [0.15, 0.2) is 12.1 Å². The molecule has 0 saturated heterocycles. The fourth-order valence-corrected chi connectivity index (χ4v) is 4.87. The zero-order valence-electron chi connectivity index (χ0n) is 14.4. The third-order valence-corrected chi connectivity index (χ3v) is 6.48. The van der Waals surface area contributed by atoms with Gasteiger partial charge in [0.25, 0.3) is 0 Å². The normalized spacial score (nSPS) is 32.4. The lowest BCUT2D eigenvalue weighted by Crippen LogP contribution is -2.20. The highest BCUT2D eigenvalue weighted by molar-refractivity contribution is 5.74. The number of benzene rings is 1. The predicted molar refractivity (Wildman–Crippen MR) is 97.4 cm³/mol. The van der Waals surface area contributed by atoms with Gasteiger partial charge < -0.3 is 16.6 Å². The molecule has 1 aromatic rings. The Balaban J connectivity index is 1.66. The van der Waals surface area contributed by atoms with Crippen molar-refractivity contribution < 1.29 is 5.11 Å². The van der Waals surface area contributed by atoms with Gasteiger partial charge in [-0.25, -0.2) is 0 Å². The predicted octanol–water partition coefficient (Wildman–Crippen LogP) is 5.05. The Morgan fingerprint density at radius 2 is 1.48 bits per heavy atom. The molecule has 23 heavy (non-hydrogen) atoms. The Hall–Kier alpha value is -1.38. The molecule has 0 bridgehead atoms. The zero-order valence-corrected chi connectivity index (χ0v) is 14.4. The van der Waals surface area contributed by atoms with E-state index < -0.39 is 0 Å². The molecule has 3 rings (SSSR count). The molecule has 2 saturated carbocycles. The average molecular weight is 316 g/mol. The molecular formula is C20H32N2O. The summed E-state index contributed by atoms with van der Waals surface area (Å²) in [6.07, 6.45) is 12.1. The Labute approximate surface area is 140 Å². The minimum atomic E-state index is 0.106. The number of nitrogen functional groups attached to an aromatic ring is 2. The molecule has 2 aliphatic carbocycles. The largest absolute Gasteiger partial charge is 0.506 e. The molecule has 0 aromatic heterocycles. The second kappa shape index (κ2) is 7.02. The van der Waals surface area contributed by atoms with Crippen LogP contribution in [-0.2, 0) is 0 Å². The summed E-state index contributed by atoms with van der Waals surface area (Å²) in [4.78, 5) is 0. The molecule has 3 heteroatoms. The van der Waals surface area contributed by atoms with E-state index in [0.29, 0.717) is 17.3 Å². The van der Waals surface area contributed by atoms with Crippen LogP contribution in [0.3, 0.4) is 0 Å². The second-order valence-electron chi connectivity index (χ2n) is 7.99. The summed E-state index contributed by atoms with van der Waals surface area (Å²) in [6, 6.07) is 3.68. The number of phenolic OH excluding ortho intramolecular Hbond substituents is 1. The lowest BCUT2D eigenvalue weighted by atomic mass is 9.74. The van der Waals surface area contributed by atoms with Gasteiger partial charge in [-0.2, -0.15) is 0 Å². The lowest BCUT2D eigenvalue weighted by Gasteiger charge is -2.32. The maximum absolute atomic E-state index is 9.71. The zero-order chi connectivity index (χ0) is 16.4. The molecule has 0 spiro atoms. The van der Waals surface area contributed by atoms with Crippen LogP contribution in [0.25, 0.3) is 0 Å². The van der Waals surface area contributed by atoms with Crippen molar-refractivity contribution in [2.45, 2.75) is 70.6 Å². The third-order valence-electron chi connectivity index (χ3n) is 6.48. The van der Waals surface area contributed by atoms with Crippen LogP contribution in [0.5, 0.6) is 5.75 Å². The molecule has 2 fully saturated rings. The van der Waals surface area contributed by atoms with E-state index in [1.54, 1.807) is 6.07 Å². The molecule has 2 atom stereocenters. The number of hydrogen-bond donors (Lipinski definition) is 3. The number of hydrogen-bond acceptors (Lipinski definition) is 3. The Morgan fingerprint density at radius 1 is 0.826 bits per heavy atom. The summed E-state index contributed by atoms with van der Waals surface area (Å²) in [6.45, 7) is 2.40. The standard InChI is InChI=1S/C20H32N2O/c1-13-5-7-15(8-6-13)14-3-2-4-16(10-9-14)17-11-12-18(23)20(22)19(17)21/h11-16,23H,2-10,21-22H2,1H3. The topological polar surface area (TPSA) is 72.3 Å². The first-order chi connectivity index (χ1) is 11.1. The van der Waals surface area contributed by atoms with Crippen molar-refractivity contribution in [3.63, 3.8) is 0 Å². The van der Waals surface area contributed by atoms with E-state index in [4.69, 9.17) is 11.5 Å². The molecule has 0 aliphatic heterocycles. The van der Waals surface area contributed by atoms with Gasteiger partial charge in [-0.1, -0.05) is 38.7 Å².